The van der Waals surface area contributed by atoms with Crippen LogP contribution in [-0.2, 0) is 6.42 Å². The molecular weight excluding hydrogens is 445 g/mol. The number of benzene rings is 1. The van der Waals surface area contributed by atoms with Gasteiger partial charge in [0.25, 0.3) is 0 Å². The van der Waals surface area contributed by atoms with Crippen molar-refractivity contribution in [3.05, 3.63) is 47.9 Å². The molecule has 0 bridgehead atoms. The zero-order chi connectivity index (χ0) is 18.1. The highest BCUT2D eigenvalue weighted by Gasteiger charge is 2.14. The second kappa shape index (κ2) is 11.7. The number of hydrogen-bond donors (Lipinski definition) is 2. The molecule has 144 valence electrons. The summed E-state index contributed by atoms with van der Waals surface area (Å²) in [6.07, 6.45) is 2.44. The molecule has 1 unspecified atom stereocenters. The van der Waals surface area contributed by atoms with Crippen LogP contribution in [0.4, 0.5) is 0 Å². The van der Waals surface area contributed by atoms with Crippen molar-refractivity contribution in [1.82, 2.24) is 10.6 Å². The van der Waals surface area contributed by atoms with Crippen LogP contribution >= 0.6 is 24.0 Å². The van der Waals surface area contributed by atoms with E-state index in [4.69, 9.17) is 13.9 Å². The predicted molar refractivity (Wildman–Crippen MR) is 115 cm³/mol. The number of guanidine groups is 1. The molecule has 0 radical (unpaired) electrons. The Kier molecular flexibility index (Phi) is 9.93. The van der Waals surface area contributed by atoms with E-state index in [2.05, 4.69) is 22.5 Å². The van der Waals surface area contributed by atoms with E-state index in [1.165, 1.54) is 0 Å². The Morgan fingerprint density at radius 1 is 1.23 bits per heavy atom. The molecule has 26 heavy (non-hydrogen) atoms. The number of halogens is 1. The largest absolute Gasteiger partial charge is 0.497 e. The summed E-state index contributed by atoms with van der Waals surface area (Å²) in [6, 6.07) is 9.62. The number of rotatable bonds is 8. The molecule has 1 aromatic heterocycles. The molecular formula is C19H28IN3O3. The molecule has 0 aliphatic rings. The first kappa shape index (κ1) is 22.1. The molecule has 1 heterocycles. The summed E-state index contributed by atoms with van der Waals surface area (Å²) >= 11 is 0. The van der Waals surface area contributed by atoms with Crippen LogP contribution < -0.4 is 20.1 Å². The second-order valence-corrected chi connectivity index (χ2v) is 5.56. The van der Waals surface area contributed by atoms with E-state index in [0.717, 1.165) is 41.7 Å². The van der Waals surface area contributed by atoms with Gasteiger partial charge in [0.1, 0.15) is 17.3 Å². The number of nitrogens with zero attached hydrogens (tertiary/aromatic N) is 1. The van der Waals surface area contributed by atoms with E-state index in [9.17, 15) is 0 Å². The van der Waals surface area contributed by atoms with Gasteiger partial charge in [-0.05, 0) is 44.2 Å². The first-order chi connectivity index (χ1) is 12.2. The third kappa shape index (κ3) is 6.44. The molecule has 7 heteroatoms. The molecule has 0 saturated heterocycles. The number of nitrogens with one attached hydrogen (secondary N) is 2. The van der Waals surface area contributed by atoms with Gasteiger partial charge >= 0.3 is 0 Å². The van der Waals surface area contributed by atoms with Crippen LogP contribution in [0.3, 0.4) is 0 Å². The lowest BCUT2D eigenvalue weighted by atomic mass is 10.1. The summed E-state index contributed by atoms with van der Waals surface area (Å²) in [5.74, 6) is 3.30. The molecule has 1 aromatic carbocycles. The smallest absolute Gasteiger partial charge is 0.191 e. The Bertz CT molecular complexity index is 675. The van der Waals surface area contributed by atoms with E-state index in [-0.39, 0.29) is 30.0 Å². The fourth-order valence-corrected chi connectivity index (χ4v) is 2.51. The molecule has 0 aliphatic carbocycles. The molecule has 0 saturated carbocycles. The average Bonchev–Trinajstić information content (AvgIpc) is 3.14. The number of methoxy groups -OCH3 is 2. The van der Waals surface area contributed by atoms with Gasteiger partial charge < -0.3 is 24.5 Å². The molecule has 1 atom stereocenters. The molecule has 6 nitrogen and oxygen atoms in total. The summed E-state index contributed by atoms with van der Waals surface area (Å²) in [6.45, 7) is 5.54. The zero-order valence-electron chi connectivity index (χ0n) is 15.7. The van der Waals surface area contributed by atoms with Crippen LogP contribution in [-0.4, -0.2) is 33.3 Å². The Balaban J connectivity index is 0.00000338. The first-order valence-electron chi connectivity index (χ1n) is 8.47. The van der Waals surface area contributed by atoms with E-state index < -0.39 is 0 Å². The molecule has 0 fully saturated rings. The van der Waals surface area contributed by atoms with Gasteiger partial charge in [-0.15, -0.1) is 24.0 Å². The average molecular weight is 473 g/mol. The summed E-state index contributed by atoms with van der Waals surface area (Å²) in [5, 5.41) is 6.68. The Morgan fingerprint density at radius 2 is 2.04 bits per heavy atom. The van der Waals surface area contributed by atoms with E-state index in [1.807, 2.05) is 37.3 Å². The number of furan rings is 1. The zero-order valence-corrected chi connectivity index (χ0v) is 18.1. The van der Waals surface area contributed by atoms with E-state index >= 15 is 0 Å². The summed E-state index contributed by atoms with van der Waals surface area (Å²) in [7, 11) is 3.32. The van der Waals surface area contributed by atoms with Gasteiger partial charge in [-0.1, -0.05) is 0 Å². The van der Waals surface area contributed by atoms with Crippen LogP contribution in [0.1, 0.15) is 31.2 Å². The van der Waals surface area contributed by atoms with Crippen LogP contribution in [0.25, 0.3) is 0 Å². The fraction of sp³-hybridized carbons (Fsp3) is 0.421. The highest BCUT2D eigenvalue weighted by Crippen LogP contribution is 2.29. The highest BCUT2D eigenvalue weighted by molar-refractivity contribution is 14.0. The normalized spacial score (nSPS) is 12.1. The Morgan fingerprint density at radius 3 is 2.65 bits per heavy atom. The lowest BCUT2D eigenvalue weighted by molar-refractivity contribution is 0.394. The van der Waals surface area contributed by atoms with Crippen molar-refractivity contribution in [2.45, 2.75) is 26.3 Å². The minimum absolute atomic E-state index is 0. The standard InChI is InChI=1S/C19H27N3O3.HI/c1-5-20-19(21-11-10-15-7-6-12-25-15)22-14(2)17-13-16(23-3)8-9-18(17)24-4;/h6-9,12-14H,5,10-11H2,1-4H3,(H2,20,21,22);1H. The van der Waals surface area contributed by atoms with Gasteiger partial charge in [-0.2, -0.15) is 0 Å². The second-order valence-electron chi connectivity index (χ2n) is 5.56. The molecule has 0 amide bonds. The quantitative estimate of drug-likeness (QED) is 0.347. The van der Waals surface area contributed by atoms with Gasteiger partial charge in [0, 0.05) is 25.1 Å². The van der Waals surface area contributed by atoms with E-state index in [0.29, 0.717) is 6.54 Å². The predicted octanol–water partition coefficient (Wildman–Crippen LogP) is 3.77. The van der Waals surface area contributed by atoms with Crippen molar-refractivity contribution < 1.29 is 13.9 Å². The number of aliphatic imine (C=N–C) groups is 1. The molecule has 2 aromatic rings. The lowest BCUT2D eigenvalue weighted by Gasteiger charge is -2.20. The first-order valence-corrected chi connectivity index (χ1v) is 8.47. The monoisotopic (exact) mass is 473 g/mol. The van der Waals surface area contributed by atoms with Gasteiger partial charge in [-0.25, -0.2) is 0 Å². The number of ether oxygens (including phenoxy) is 2. The van der Waals surface area contributed by atoms with Crippen molar-refractivity contribution in [2.24, 2.45) is 4.99 Å². The minimum atomic E-state index is 0. The maximum atomic E-state index is 5.47. The number of hydrogen-bond acceptors (Lipinski definition) is 4. The van der Waals surface area contributed by atoms with Crippen LogP contribution in [0.2, 0.25) is 0 Å². The summed E-state index contributed by atoms with van der Waals surface area (Å²) in [5.41, 5.74) is 1.01. The van der Waals surface area contributed by atoms with Gasteiger partial charge in [-0.3, -0.25) is 4.99 Å². The van der Waals surface area contributed by atoms with Crippen LogP contribution in [0.15, 0.2) is 46.0 Å². The minimum Gasteiger partial charge on any atom is -0.497 e. The fourth-order valence-electron chi connectivity index (χ4n) is 2.51. The lowest BCUT2D eigenvalue weighted by Crippen LogP contribution is -2.39. The Labute approximate surface area is 172 Å². The van der Waals surface area contributed by atoms with Crippen molar-refractivity contribution in [1.29, 1.82) is 0 Å². The molecule has 2 N–H and O–H groups in total. The van der Waals surface area contributed by atoms with Crippen LogP contribution in [0.5, 0.6) is 11.5 Å². The van der Waals surface area contributed by atoms with Gasteiger partial charge in [0.15, 0.2) is 5.96 Å². The van der Waals surface area contributed by atoms with Crippen molar-refractivity contribution in [3.63, 3.8) is 0 Å². The van der Waals surface area contributed by atoms with E-state index in [1.54, 1.807) is 20.5 Å². The maximum absolute atomic E-state index is 5.47. The third-order valence-electron chi connectivity index (χ3n) is 3.81. The maximum Gasteiger partial charge on any atom is 0.191 e. The Hall–Kier alpha value is -1.90. The molecule has 0 spiro atoms. The summed E-state index contributed by atoms with van der Waals surface area (Å²) < 4.78 is 16.1. The molecule has 2 rings (SSSR count). The highest BCUT2D eigenvalue weighted by atomic mass is 127. The van der Waals surface area contributed by atoms with Gasteiger partial charge in [0.2, 0.25) is 0 Å². The van der Waals surface area contributed by atoms with Crippen molar-refractivity contribution >= 4 is 29.9 Å². The van der Waals surface area contributed by atoms with Crippen LogP contribution in [0, 0.1) is 0 Å². The third-order valence-corrected chi connectivity index (χ3v) is 3.81. The summed E-state index contributed by atoms with van der Waals surface area (Å²) in [4.78, 5) is 4.61. The van der Waals surface area contributed by atoms with Gasteiger partial charge in [0.05, 0.1) is 26.5 Å². The van der Waals surface area contributed by atoms with Crippen molar-refractivity contribution in [3.8, 4) is 11.5 Å². The SMILES string of the molecule is CCNC(=NCCc1ccco1)NC(C)c1cc(OC)ccc1OC.I. The molecule has 0 aliphatic heterocycles. The topological polar surface area (TPSA) is 68.0 Å². The van der Waals surface area contributed by atoms with Crippen molar-refractivity contribution in [2.75, 3.05) is 27.3 Å².